The monoisotopic (exact) mass is 198 g/mol. The Morgan fingerprint density at radius 2 is 2.31 bits per heavy atom. The van der Waals surface area contributed by atoms with Crippen LogP contribution in [-0.4, -0.2) is 22.1 Å². The van der Waals surface area contributed by atoms with Gasteiger partial charge < -0.3 is 11.1 Å². The SMILES string of the molecule is Nc1nnc(C(=O)NC2CCC2)s1. The molecule has 6 heteroatoms. The quantitative estimate of drug-likeness (QED) is 0.720. The number of nitrogens with two attached hydrogens (primary N) is 1. The summed E-state index contributed by atoms with van der Waals surface area (Å²) in [6.45, 7) is 0. The molecule has 0 bridgehead atoms. The lowest BCUT2D eigenvalue weighted by atomic mass is 9.93. The van der Waals surface area contributed by atoms with E-state index in [1.54, 1.807) is 0 Å². The van der Waals surface area contributed by atoms with E-state index < -0.39 is 0 Å². The number of nitrogens with one attached hydrogen (secondary N) is 1. The predicted octanol–water partition coefficient (Wildman–Crippen LogP) is 0.403. The van der Waals surface area contributed by atoms with Crippen molar-refractivity contribution >= 4 is 22.4 Å². The van der Waals surface area contributed by atoms with Crippen LogP contribution in [-0.2, 0) is 0 Å². The van der Waals surface area contributed by atoms with Crippen molar-refractivity contribution in [3.05, 3.63) is 5.01 Å². The topological polar surface area (TPSA) is 80.9 Å². The molecule has 5 nitrogen and oxygen atoms in total. The fourth-order valence-corrected chi connectivity index (χ4v) is 1.64. The molecular weight excluding hydrogens is 188 g/mol. The molecule has 1 aliphatic rings. The van der Waals surface area contributed by atoms with E-state index in [4.69, 9.17) is 5.73 Å². The molecule has 1 amide bonds. The third-order valence-corrected chi connectivity index (χ3v) is 2.83. The fourth-order valence-electron chi connectivity index (χ4n) is 1.13. The predicted molar refractivity (Wildman–Crippen MR) is 49.4 cm³/mol. The summed E-state index contributed by atoms with van der Waals surface area (Å²) in [6.07, 6.45) is 3.34. The number of aromatic nitrogens is 2. The lowest BCUT2D eigenvalue weighted by molar-refractivity contribution is 0.0916. The van der Waals surface area contributed by atoms with Gasteiger partial charge in [0.2, 0.25) is 10.1 Å². The summed E-state index contributed by atoms with van der Waals surface area (Å²) in [6, 6.07) is 0.331. The van der Waals surface area contributed by atoms with Gasteiger partial charge in [-0.2, -0.15) is 0 Å². The molecular formula is C7H10N4OS. The molecule has 70 valence electrons. The van der Waals surface area contributed by atoms with Crippen molar-refractivity contribution in [3.8, 4) is 0 Å². The van der Waals surface area contributed by atoms with E-state index in [9.17, 15) is 4.79 Å². The van der Waals surface area contributed by atoms with Gasteiger partial charge in [-0.1, -0.05) is 11.3 Å². The van der Waals surface area contributed by atoms with Crippen molar-refractivity contribution in [3.63, 3.8) is 0 Å². The highest BCUT2D eigenvalue weighted by atomic mass is 32.1. The van der Waals surface area contributed by atoms with Gasteiger partial charge in [-0.05, 0) is 19.3 Å². The molecule has 1 fully saturated rings. The maximum absolute atomic E-state index is 11.4. The van der Waals surface area contributed by atoms with Gasteiger partial charge in [-0.15, -0.1) is 10.2 Å². The van der Waals surface area contributed by atoms with E-state index in [2.05, 4.69) is 15.5 Å². The number of amides is 1. The van der Waals surface area contributed by atoms with Crippen LogP contribution in [0.25, 0.3) is 0 Å². The van der Waals surface area contributed by atoms with Crippen LogP contribution in [0.1, 0.15) is 29.1 Å². The van der Waals surface area contributed by atoms with Gasteiger partial charge in [0.1, 0.15) is 0 Å². The van der Waals surface area contributed by atoms with Crippen LogP contribution < -0.4 is 11.1 Å². The number of hydrogen-bond donors (Lipinski definition) is 2. The van der Waals surface area contributed by atoms with Gasteiger partial charge in [-0.25, -0.2) is 0 Å². The summed E-state index contributed by atoms with van der Waals surface area (Å²) in [4.78, 5) is 11.4. The molecule has 0 spiro atoms. The van der Waals surface area contributed by atoms with E-state index in [0.29, 0.717) is 16.2 Å². The Balaban J connectivity index is 1.96. The molecule has 0 aliphatic heterocycles. The zero-order valence-electron chi connectivity index (χ0n) is 6.99. The molecule has 0 radical (unpaired) electrons. The lowest BCUT2D eigenvalue weighted by Gasteiger charge is -2.25. The third kappa shape index (κ3) is 1.77. The van der Waals surface area contributed by atoms with Crippen molar-refractivity contribution in [2.24, 2.45) is 0 Å². The molecule has 0 saturated heterocycles. The highest BCUT2D eigenvalue weighted by molar-refractivity contribution is 7.16. The molecule has 1 heterocycles. The largest absolute Gasteiger partial charge is 0.374 e. The summed E-state index contributed by atoms with van der Waals surface area (Å²) in [7, 11) is 0. The van der Waals surface area contributed by atoms with Crippen LogP contribution in [0, 0.1) is 0 Å². The second-order valence-corrected chi connectivity index (χ2v) is 4.06. The molecule has 2 rings (SSSR count). The molecule has 0 atom stereocenters. The number of rotatable bonds is 2. The minimum absolute atomic E-state index is 0.154. The second-order valence-electron chi connectivity index (χ2n) is 3.05. The minimum atomic E-state index is -0.154. The Kier molecular flexibility index (Phi) is 2.13. The van der Waals surface area contributed by atoms with Crippen molar-refractivity contribution in [1.82, 2.24) is 15.5 Å². The zero-order chi connectivity index (χ0) is 9.26. The molecule has 1 aliphatic carbocycles. The van der Waals surface area contributed by atoms with Crippen molar-refractivity contribution in [2.75, 3.05) is 5.73 Å². The van der Waals surface area contributed by atoms with E-state index in [1.807, 2.05) is 0 Å². The molecule has 3 N–H and O–H groups in total. The van der Waals surface area contributed by atoms with Crippen LogP contribution in [0.3, 0.4) is 0 Å². The molecule has 0 aromatic carbocycles. The molecule has 1 saturated carbocycles. The zero-order valence-corrected chi connectivity index (χ0v) is 7.80. The van der Waals surface area contributed by atoms with E-state index in [0.717, 1.165) is 24.2 Å². The normalized spacial score (nSPS) is 16.6. The maximum Gasteiger partial charge on any atom is 0.282 e. The number of anilines is 1. The summed E-state index contributed by atoms with van der Waals surface area (Å²) < 4.78 is 0. The van der Waals surface area contributed by atoms with Crippen molar-refractivity contribution < 1.29 is 4.79 Å². The van der Waals surface area contributed by atoms with Crippen molar-refractivity contribution in [2.45, 2.75) is 25.3 Å². The van der Waals surface area contributed by atoms with Gasteiger partial charge in [-0.3, -0.25) is 4.79 Å². The van der Waals surface area contributed by atoms with Crippen LogP contribution in [0.5, 0.6) is 0 Å². The van der Waals surface area contributed by atoms with Gasteiger partial charge in [0, 0.05) is 6.04 Å². The Labute approximate surface area is 79.3 Å². The van der Waals surface area contributed by atoms with Gasteiger partial charge in [0.05, 0.1) is 0 Å². The Morgan fingerprint density at radius 3 is 2.77 bits per heavy atom. The summed E-state index contributed by atoms with van der Waals surface area (Å²) in [5.41, 5.74) is 5.36. The molecule has 0 unspecified atom stereocenters. The van der Waals surface area contributed by atoms with Crippen molar-refractivity contribution in [1.29, 1.82) is 0 Å². The van der Waals surface area contributed by atoms with Gasteiger partial charge >= 0.3 is 0 Å². The summed E-state index contributed by atoms with van der Waals surface area (Å²) in [5.74, 6) is -0.154. The first-order chi connectivity index (χ1) is 6.25. The maximum atomic E-state index is 11.4. The Bertz CT molecular complexity index is 320. The Hall–Kier alpha value is -1.17. The van der Waals surface area contributed by atoms with Gasteiger partial charge in [0.25, 0.3) is 5.91 Å². The standard InChI is InChI=1S/C7H10N4OS/c8-7-11-10-6(13-7)5(12)9-4-2-1-3-4/h4H,1-3H2,(H2,8,11)(H,9,12). The van der Waals surface area contributed by atoms with Crippen LogP contribution in [0.15, 0.2) is 0 Å². The van der Waals surface area contributed by atoms with Gasteiger partial charge in [0.15, 0.2) is 0 Å². The van der Waals surface area contributed by atoms with E-state index >= 15 is 0 Å². The fraction of sp³-hybridized carbons (Fsp3) is 0.571. The number of carbonyl (C=O) groups excluding carboxylic acids is 1. The number of hydrogen-bond acceptors (Lipinski definition) is 5. The minimum Gasteiger partial charge on any atom is -0.374 e. The summed E-state index contributed by atoms with van der Waals surface area (Å²) in [5, 5.41) is 10.8. The molecule has 1 aromatic heterocycles. The summed E-state index contributed by atoms with van der Waals surface area (Å²) >= 11 is 1.12. The lowest BCUT2D eigenvalue weighted by Crippen LogP contribution is -2.39. The van der Waals surface area contributed by atoms with E-state index in [1.165, 1.54) is 6.42 Å². The third-order valence-electron chi connectivity index (χ3n) is 2.08. The first-order valence-electron chi connectivity index (χ1n) is 4.15. The average Bonchev–Trinajstić information content (AvgIpc) is 2.44. The van der Waals surface area contributed by atoms with Crippen LogP contribution >= 0.6 is 11.3 Å². The first kappa shape index (κ1) is 8.43. The van der Waals surface area contributed by atoms with E-state index in [-0.39, 0.29) is 5.91 Å². The smallest absolute Gasteiger partial charge is 0.282 e. The second kappa shape index (κ2) is 3.29. The highest BCUT2D eigenvalue weighted by Crippen LogP contribution is 2.19. The highest BCUT2D eigenvalue weighted by Gasteiger charge is 2.21. The Morgan fingerprint density at radius 1 is 1.54 bits per heavy atom. The first-order valence-corrected chi connectivity index (χ1v) is 4.97. The molecule has 13 heavy (non-hydrogen) atoms. The average molecular weight is 198 g/mol. The number of nitrogens with zero attached hydrogens (tertiary/aromatic N) is 2. The number of carbonyl (C=O) groups is 1. The molecule has 1 aromatic rings. The van der Waals surface area contributed by atoms with Crippen LogP contribution in [0.4, 0.5) is 5.13 Å². The number of nitrogen functional groups attached to an aromatic ring is 1. The van der Waals surface area contributed by atoms with Crippen LogP contribution in [0.2, 0.25) is 0 Å².